The summed E-state index contributed by atoms with van der Waals surface area (Å²) >= 11 is 5.95. The molecule has 0 atom stereocenters. The first kappa shape index (κ1) is 10.1. The first-order chi connectivity index (χ1) is 6.11. The molecule has 0 saturated carbocycles. The molecule has 1 rings (SSSR count). The topological polar surface area (TPSA) is 20.3 Å². The van der Waals surface area contributed by atoms with Crippen LogP contribution in [0.4, 0.5) is 5.69 Å². The van der Waals surface area contributed by atoms with Crippen molar-refractivity contribution in [1.82, 2.24) is 0 Å². The summed E-state index contributed by atoms with van der Waals surface area (Å²) < 4.78 is 0. The van der Waals surface area contributed by atoms with E-state index < -0.39 is 0 Å². The van der Waals surface area contributed by atoms with Crippen molar-refractivity contribution in [2.75, 3.05) is 18.5 Å². The highest BCUT2D eigenvalue weighted by Gasteiger charge is 2.05. The van der Waals surface area contributed by atoms with Gasteiger partial charge in [-0.05, 0) is 19.1 Å². The fourth-order valence-corrected chi connectivity index (χ4v) is 1.46. The standard InChI is InChI=1S/C10H12ClNO/c1-8(13)7-12(2)10-6-4-3-5-9(10)11/h3-6H,7H2,1-2H3. The van der Waals surface area contributed by atoms with Crippen molar-refractivity contribution in [3.63, 3.8) is 0 Å². The van der Waals surface area contributed by atoms with Crippen molar-refractivity contribution in [2.24, 2.45) is 0 Å². The maximum Gasteiger partial charge on any atom is 0.149 e. The molecule has 0 aromatic heterocycles. The van der Waals surface area contributed by atoms with E-state index in [9.17, 15) is 4.79 Å². The molecule has 0 aliphatic carbocycles. The van der Waals surface area contributed by atoms with E-state index >= 15 is 0 Å². The predicted octanol–water partition coefficient (Wildman–Crippen LogP) is 2.37. The highest BCUT2D eigenvalue weighted by Crippen LogP contribution is 2.23. The predicted molar refractivity (Wildman–Crippen MR) is 55.4 cm³/mol. The molecule has 1 aromatic rings. The number of ketones is 1. The molecule has 1 aromatic carbocycles. The second-order valence-corrected chi connectivity index (χ2v) is 3.42. The second-order valence-electron chi connectivity index (χ2n) is 3.01. The first-order valence-electron chi connectivity index (χ1n) is 4.06. The highest BCUT2D eigenvalue weighted by atomic mass is 35.5. The summed E-state index contributed by atoms with van der Waals surface area (Å²) in [4.78, 5) is 12.7. The van der Waals surface area contributed by atoms with Gasteiger partial charge in [0.1, 0.15) is 5.78 Å². The van der Waals surface area contributed by atoms with Gasteiger partial charge in [0.05, 0.1) is 17.3 Å². The van der Waals surface area contributed by atoms with Crippen LogP contribution in [0.5, 0.6) is 0 Å². The number of hydrogen-bond donors (Lipinski definition) is 0. The van der Waals surface area contributed by atoms with Crippen LogP contribution in [-0.4, -0.2) is 19.4 Å². The molecule has 3 heteroatoms. The molecule has 2 nitrogen and oxygen atoms in total. The smallest absolute Gasteiger partial charge is 0.149 e. The minimum atomic E-state index is 0.127. The largest absolute Gasteiger partial charge is 0.366 e. The summed E-state index contributed by atoms with van der Waals surface area (Å²) in [5.41, 5.74) is 0.888. The van der Waals surface area contributed by atoms with Gasteiger partial charge in [0.15, 0.2) is 0 Å². The number of rotatable bonds is 3. The Kier molecular flexibility index (Phi) is 3.32. The van der Waals surface area contributed by atoms with E-state index in [0.29, 0.717) is 11.6 Å². The van der Waals surface area contributed by atoms with Gasteiger partial charge in [0, 0.05) is 7.05 Å². The van der Waals surface area contributed by atoms with Crippen LogP contribution < -0.4 is 4.90 Å². The van der Waals surface area contributed by atoms with Crippen LogP contribution in [0.2, 0.25) is 5.02 Å². The van der Waals surface area contributed by atoms with E-state index in [4.69, 9.17) is 11.6 Å². The molecule has 0 aliphatic heterocycles. The maximum atomic E-state index is 10.9. The lowest BCUT2D eigenvalue weighted by molar-refractivity contribution is -0.115. The van der Waals surface area contributed by atoms with Gasteiger partial charge in [0.2, 0.25) is 0 Å². The third-order valence-corrected chi connectivity index (χ3v) is 2.04. The number of halogens is 1. The van der Waals surface area contributed by atoms with Crippen LogP contribution in [0.1, 0.15) is 6.92 Å². The average molecular weight is 198 g/mol. The molecule has 0 heterocycles. The summed E-state index contributed by atoms with van der Waals surface area (Å²) in [5, 5.41) is 0.672. The third-order valence-electron chi connectivity index (χ3n) is 1.72. The van der Waals surface area contributed by atoms with Gasteiger partial charge in [-0.25, -0.2) is 0 Å². The Bertz CT molecular complexity index is 312. The van der Waals surface area contributed by atoms with Crippen LogP contribution in [0.15, 0.2) is 24.3 Å². The van der Waals surface area contributed by atoms with E-state index in [0.717, 1.165) is 5.69 Å². The van der Waals surface area contributed by atoms with Crippen LogP contribution in [-0.2, 0) is 4.79 Å². The average Bonchev–Trinajstić information content (AvgIpc) is 2.03. The normalized spacial score (nSPS) is 9.77. The molecule has 70 valence electrons. The molecule has 0 aliphatic rings. The Morgan fingerprint density at radius 1 is 1.46 bits per heavy atom. The van der Waals surface area contributed by atoms with Gasteiger partial charge in [0.25, 0.3) is 0 Å². The fourth-order valence-electron chi connectivity index (χ4n) is 1.18. The van der Waals surface area contributed by atoms with Gasteiger partial charge in [-0.3, -0.25) is 4.79 Å². The maximum absolute atomic E-state index is 10.9. The lowest BCUT2D eigenvalue weighted by Gasteiger charge is -2.18. The Labute approximate surface area is 83.1 Å². The van der Waals surface area contributed by atoms with Gasteiger partial charge in [-0.2, -0.15) is 0 Å². The number of para-hydroxylation sites is 1. The summed E-state index contributed by atoms with van der Waals surface area (Å²) in [7, 11) is 1.85. The zero-order valence-electron chi connectivity index (χ0n) is 7.75. The minimum Gasteiger partial charge on any atom is -0.366 e. The monoisotopic (exact) mass is 197 g/mol. The van der Waals surface area contributed by atoms with Crippen LogP contribution in [0, 0.1) is 0 Å². The quantitative estimate of drug-likeness (QED) is 0.742. The number of carbonyl (C=O) groups is 1. The van der Waals surface area contributed by atoms with Gasteiger partial charge < -0.3 is 4.90 Å². The molecule has 0 fully saturated rings. The number of likely N-dealkylation sites (N-methyl/N-ethyl adjacent to an activating group) is 1. The van der Waals surface area contributed by atoms with Crippen LogP contribution in [0.3, 0.4) is 0 Å². The van der Waals surface area contributed by atoms with Crippen LogP contribution >= 0.6 is 11.6 Å². The number of hydrogen-bond acceptors (Lipinski definition) is 2. The molecule has 0 unspecified atom stereocenters. The molecular formula is C10H12ClNO. The van der Waals surface area contributed by atoms with Gasteiger partial charge in [-0.1, -0.05) is 23.7 Å². The van der Waals surface area contributed by atoms with Gasteiger partial charge in [-0.15, -0.1) is 0 Å². The van der Waals surface area contributed by atoms with Crippen LogP contribution in [0.25, 0.3) is 0 Å². The molecule has 0 N–H and O–H groups in total. The highest BCUT2D eigenvalue weighted by molar-refractivity contribution is 6.33. The SMILES string of the molecule is CC(=O)CN(C)c1ccccc1Cl. The second kappa shape index (κ2) is 4.28. The lowest BCUT2D eigenvalue weighted by Crippen LogP contribution is -2.23. The molecule has 0 amide bonds. The first-order valence-corrected chi connectivity index (χ1v) is 4.44. The van der Waals surface area contributed by atoms with E-state index in [2.05, 4.69) is 0 Å². The Morgan fingerprint density at radius 2 is 2.08 bits per heavy atom. The molecule has 0 bridgehead atoms. The van der Waals surface area contributed by atoms with Crippen molar-refractivity contribution >= 4 is 23.1 Å². The van der Waals surface area contributed by atoms with Crippen molar-refractivity contribution < 1.29 is 4.79 Å². The molecule has 13 heavy (non-hydrogen) atoms. The van der Waals surface area contributed by atoms with Gasteiger partial charge >= 0.3 is 0 Å². The Morgan fingerprint density at radius 3 is 2.62 bits per heavy atom. The van der Waals surface area contributed by atoms with Crippen molar-refractivity contribution in [2.45, 2.75) is 6.92 Å². The molecule has 0 radical (unpaired) electrons. The number of Topliss-reactive ketones (excluding diaryl/α,β-unsaturated/α-hetero) is 1. The van der Waals surface area contributed by atoms with Crippen molar-refractivity contribution in [1.29, 1.82) is 0 Å². The number of nitrogens with zero attached hydrogens (tertiary/aromatic N) is 1. The van der Waals surface area contributed by atoms with Crippen molar-refractivity contribution in [3.8, 4) is 0 Å². The molecule has 0 spiro atoms. The van der Waals surface area contributed by atoms with E-state index in [1.54, 1.807) is 6.92 Å². The zero-order valence-corrected chi connectivity index (χ0v) is 8.51. The van der Waals surface area contributed by atoms with E-state index in [1.807, 2.05) is 36.2 Å². The van der Waals surface area contributed by atoms with E-state index in [-0.39, 0.29) is 5.78 Å². The van der Waals surface area contributed by atoms with E-state index in [1.165, 1.54) is 0 Å². The number of anilines is 1. The Balaban J connectivity index is 2.82. The number of carbonyl (C=O) groups excluding carboxylic acids is 1. The number of benzene rings is 1. The minimum absolute atomic E-state index is 0.127. The zero-order chi connectivity index (χ0) is 9.84. The summed E-state index contributed by atoms with van der Waals surface area (Å²) in [5.74, 6) is 0.127. The molecular weight excluding hydrogens is 186 g/mol. The summed E-state index contributed by atoms with van der Waals surface area (Å²) in [6, 6.07) is 7.48. The lowest BCUT2D eigenvalue weighted by atomic mass is 10.3. The summed E-state index contributed by atoms with van der Waals surface area (Å²) in [6.07, 6.45) is 0. The fraction of sp³-hybridized carbons (Fsp3) is 0.300. The van der Waals surface area contributed by atoms with Crippen molar-refractivity contribution in [3.05, 3.63) is 29.3 Å². The summed E-state index contributed by atoms with van der Waals surface area (Å²) in [6.45, 7) is 1.96. The third kappa shape index (κ3) is 2.74. The Hall–Kier alpha value is -1.02. The molecule has 0 saturated heterocycles.